The number of alkyl halides is 3. The van der Waals surface area contributed by atoms with Crippen LogP contribution in [-0.2, 0) is 6.18 Å². The van der Waals surface area contributed by atoms with E-state index in [1.807, 2.05) is 6.92 Å². The van der Waals surface area contributed by atoms with Crippen LogP contribution >= 0.6 is 0 Å². The molecule has 0 spiro atoms. The molecule has 1 N–H and O–H groups in total. The lowest BCUT2D eigenvalue weighted by molar-refractivity contribution is -0.138. The molecule has 0 saturated carbocycles. The molecule has 0 amide bonds. The van der Waals surface area contributed by atoms with E-state index >= 15 is 0 Å². The first-order chi connectivity index (χ1) is 8.46. The third-order valence-corrected chi connectivity index (χ3v) is 2.98. The Morgan fingerprint density at radius 2 is 1.83 bits per heavy atom. The summed E-state index contributed by atoms with van der Waals surface area (Å²) in [5, 5.41) is 3.21. The van der Waals surface area contributed by atoms with Crippen molar-refractivity contribution in [2.24, 2.45) is 0 Å². The van der Waals surface area contributed by atoms with E-state index in [2.05, 4.69) is 12.2 Å². The maximum atomic E-state index is 12.8. The van der Waals surface area contributed by atoms with Crippen molar-refractivity contribution in [1.82, 2.24) is 5.32 Å². The molecule has 0 aliphatic heterocycles. The first-order valence-electron chi connectivity index (χ1n) is 6.33. The number of hydrogen-bond donors (Lipinski definition) is 1. The van der Waals surface area contributed by atoms with Crippen LogP contribution in [0.2, 0.25) is 0 Å². The lowest BCUT2D eigenvalue weighted by Crippen LogP contribution is -2.19. The summed E-state index contributed by atoms with van der Waals surface area (Å²) in [6, 6.07) is 5.84. The molecule has 4 heteroatoms. The highest BCUT2D eigenvalue weighted by molar-refractivity contribution is 5.32. The van der Waals surface area contributed by atoms with Crippen molar-refractivity contribution < 1.29 is 13.2 Å². The third kappa shape index (κ3) is 4.33. The van der Waals surface area contributed by atoms with Crippen LogP contribution in [0, 0.1) is 0 Å². The van der Waals surface area contributed by atoms with Crippen LogP contribution in [0.3, 0.4) is 0 Å². The average molecular weight is 259 g/mol. The van der Waals surface area contributed by atoms with Gasteiger partial charge in [0.2, 0.25) is 0 Å². The predicted octanol–water partition coefficient (Wildman–Crippen LogP) is 4.20. The minimum atomic E-state index is -4.26. The van der Waals surface area contributed by atoms with Crippen LogP contribution in [0.4, 0.5) is 13.2 Å². The molecule has 0 radical (unpaired) electrons. The summed E-state index contributed by atoms with van der Waals surface area (Å²) >= 11 is 0. The largest absolute Gasteiger partial charge is 0.416 e. The first-order valence-corrected chi connectivity index (χ1v) is 6.33. The van der Waals surface area contributed by atoms with Crippen molar-refractivity contribution in [1.29, 1.82) is 0 Å². The topological polar surface area (TPSA) is 12.0 Å². The second-order valence-corrected chi connectivity index (χ2v) is 4.52. The second-order valence-electron chi connectivity index (χ2n) is 4.52. The lowest BCUT2D eigenvalue weighted by Gasteiger charge is -2.18. The van der Waals surface area contributed by atoms with Crippen molar-refractivity contribution in [3.8, 4) is 0 Å². The molecular formula is C14H20F3N. The van der Waals surface area contributed by atoms with E-state index in [1.54, 1.807) is 12.1 Å². The summed E-state index contributed by atoms with van der Waals surface area (Å²) in [4.78, 5) is 0. The van der Waals surface area contributed by atoms with Crippen LogP contribution in [0.5, 0.6) is 0 Å². The van der Waals surface area contributed by atoms with Crippen molar-refractivity contribution in [2.45, 2.75) is 38.8 Å². The summed E-state index contributed by atoms with van der Waals surface area (Å²) in [5.74, 6) is -0.0906. The molecule has 1 atom stereocenters. The monoisotopic (exact) mass is 259 g/mol. The third-order valence-electron chi connectivity index (χ3n) is 2.98. The Balaban J connectivity index is 2.70. The molecule has 0 saturated heterocycles. The minimum Gasteiger partial charge on any atom is -0.317 e. The van der Waals surface area contributed by atoms with E-state index in [1.165, 1.54) is 6.07 Å². The van der Waals surface area contributed by atoms with Gasteiger partial charge in [0.1, 0.15) is 0 Å². The summed E-state index contributed by atoms with van der Waals surface area (Å²) in [7, 11) is 0. The van der Waals surface area contributed by atoms with Gasteiger partial charge in [-0.3, -0.25) is 0 Å². The molecule has 1 unspecified atom stereocenters. The number of hydrogen-bond acceptors (Lipinski definition) is 1. The second kappa shape index (κ2) is 6.78. The molecule has 0 heterocycles. The average Bonchev–Trinajstić information content (AvgIpc) is 2.33. The van der Waals surface area contributed by atoms with Gasteiger partial charge in [-0.2, -0.15) is 13.2 Å². The maximum absolute atomic E-state index is 12.8. The minimum absolute atomic E-state index is 0.0906. The molecule has 0 fully saturated rings. The van der Waals surface area contributed by atoms with Crippen LogP contribution < -0.4 is 5.32 Å². The Kier molecular flexibility index (Phi) is 5.66. The Hall–Kier alpha value is -1.03. The van der Waals surface area contributed by atoms with E-state index in [9.17, 15) is 13.2 Å². The quantitative estimate of drug-likeness (QED) is 0.755. The van der Waals surface area contributed by atoms with Crippen LogP contribution in [0.25, 0.3) is 0 Å². The summed E-state index contributed by atoms with van der Waals surface area (Å²) in [5.41, 5.74) is -0.115. The van der Waals surface area contributed by atoms with Gasteiger partial charge in [0.25, 0.3) is 0 Å². The van der Waals surface area contributed by atoms with Gasteiger partial charge >= 0.3 is 6.18 Å². The highest BCUT2D eigenvalue weighted by atomic mass is 19.4. The zero-order chi connectivity index (χ0) is 13.6. The van der Waals surface area contributed by atoms with Gasteiger partial charge in [-0.1, -0.05) is 32.0 Å². The SMILES string of the molecule is CCCNCCC(C)c1ccccc1C(F)(F)F. The molecule has 18 heavy (non-hydrogen) atoms. The van der Waals surface area contributed by atoms with Gasteiger partial charge in [0.05, 0.1) is 5.56 Å². The molecule has 0 bridgehead atoms. The van der Waals surface area contributed by atoms with Crippen molar-refractivity contribution in [2.75, 3.05) is 13.1 Å². The number of halogens is 3. The van der Waals surface area contributed by atoms with E-state index in [0.717, 1.165) is 25.6 Å². The van der Waals surface area contributed by atoms with Crippen molar-refractivity contribution >= 4 is 0 Å². The maximum Gasteiger partial charge on any atom is 0.416 e. The van der Waals surface area contributed by atoms with E-state index in [-0.39, 0.29) is 5.92 Å². The molecule has 1 nitrogen and oxygen atoms in total. The summed E-state index contributed by atoms with van der Waals surface area (Å²) in [6.45, 7) is 5.57. The molecule has 1 aromatic carbocycles. The zero-order valence-corrected chi connectivity index (χ0v) is 10.8. The molecule has 1 aromatic rings. The van der Waals surface area contributed by atoms with E-state index in [4.69, 9.17) is 0 Å². The fraction of sp³-hybridized carbons (Fsp3) is 0.571. The van der Waals surface area contributed by atoms with Crippen molar-refractivity contribution in [3.05, 3.63) is 35.4 Å². The number of rotatable bonds is 6. The summed E-state index contributed by atoms with van der Waals surface area (Å²) in [6.07, 6.45) is -2.51. The molecule has 1 rings (SSSR count). The lowest BCUT2D eigenvalue weighted by atomic mass is 9.93. The fourth-order valence-corrected chi connectivity index (χ4v) is 1.96. The molecule has 0 aromatic heterocycles. The molecular weight excluding hydrogens is 239 g/mol. The van der Waals surface area contributed by atoms with Crippen molar-refractivity contribution in [3.63, 3.8) is 0 Å². The van der Waals surface area contributed by atoms with Gasteiger partial charge in [-0.05, 0) is 43.5 Å². The van der Waals surface area contributed by atoms with E-state index < -0.39 is 11.7 Å². The highest BCUT2D eigenvalue weighted by Crippen LogP contribution is 2.35. The first kappa shape index (κ1) is 15.0. The van der Waals surface area contributed by atoms with Crippen LogP contribution in [0.1, 0.15) is 43.7 Å². The normalized spacial score (nSPS) is 13.6. The molecule has 102 valence electrons. The Bertz CT molecular complexity index is 360. The fourth-order valence-electron chi connectivity index (χ4n) is 1.96. The van der Waals surface area contributed by atoms with Gasteiger partial charge in [0.15, 0.2) is 0 Å². The van der Waals surface area contributed by atoms with Crippen LogP contribution in [0.15, 0.2) is 24.3 Å². The standard InChI is InChI=1S/C14H20F3N/c1-3-9-18-10-8-11(2)12-6-4-5-7-13(12)14(15,16)17/h4-7,11,18H,3,8-10H2,1-2H3. The Labute approximate surface area is 106 Å². The van der Waals surface area contributed by atoms with Gasteiger partial charge in [0, 0.05) is 0 Å². The van der Waals surface area contributed by atoms with E-state index in [0.29, 0.717) is 12.0 Å². The van der Waals surface area contributed by atoms with Gasteiger partial charge in [-0.15, -0.1) is 0 Å². The Morgan fingerprint density at radius 3 is 2.44 bits per heavy atom. The van der Waals surface area contributed by atoms with Crippen LogP contribution in [-0.4, -0.2) is 13.1 Å². The smallest absolute Gasteiger partial charge is 0.317 e. The molecule has 0 aliphatic carbocycles. The number of nitrogens with one attached hydrogen (secondary N) is 1. The van der Waals surface area contributed by atoms with Gasteiger partial charge in [-0.25, -0.2) is 0 Å². The predicted molar refractivity (Wildman–Crippen MR) is 67.6 cm³/mol. The highest BCUT2D eigenvalue weighted by Gasteiger charge is 2.33. The number of benzene rings is 1. The summed E-state index contributed by atoms with van der Waals surface area (Å²) < 4.78 is 38.5. The van der Waals surface area contributed by atoms with Gasteiger partial charge < -0.3 is 5.32 Å². The zero-order valence-electron chi connectivity index (χ0n) is 10.8. The molecule has 0 aliphatic rings. The Morgan fingerprint density at radius 1 is 1.17 bits per heavy atom.